The van der Waals surface area contributed by atoms with Crippen LogP contribution in [-0.2, 0) is 6.54 Å². The highest BCUT2D eigenvalue weighted by Crippen LogP contribution is 2.21. The molecule has 0 bridgehead atoms. The standard InChI is InChI=1S/C12H10N6O3/c1-7-9(16-21-15-7)6-18-11(8-4-2-3-5-13-8)10(12(19)20)14-17-18/h2-5H,6H2,1H3,(H,19,20). The molecular formula is C12H10N6O3. The van der Waals surface area contributed by atoms with Crippen molar-refractivity contribution in [1.82, 2.24) is 30.3 Å². The van der Waals surface area contributed by atoms with Gasteiger partial charge in [-0.05, 0) is 19.1 Å². The third kappa shape index (κ3) is 2.36. The van der Waals surface area contributed by atoms with Crippen LogP contribution < -0.4 is 0 Å². The first-order chi connectivity index (χ1) is 10.2. The summed E-state index contributed by atoms with van der Waals surface area (Å²) in [6.07, 6.45) is 1.57. The minimum atomic E-state index is -1.17. The molecule has 0 amide bonds. The molecule has 0 saturated heterocycles. The zero-order valence-corrected chi connectivity index (χ0v) is 11.0. The van der Waals surface area contributed by atoms with Crippen molar-refractivity contribution < 1.29 is 14.5 Å². The zero-order chi connectivity index (χ0) is 14.8. The van der Waals surface area contributed by atoms with Crippen molar-refractivity contribution in [2.75, 3.05) is 0 Å². The van der Waals surface area contributed by atoms with Gasteiger partial charge in [0.05, 0.1) is 12.2 Å². The van der Waals surface area contributed by atoms with Crippen LogP contribution >= 0.6 is 0 Å². The van der Waals surface area contributed by atoms with Gasteiger partial charge < -0.3 is 5.11 Å². The third-order valence-electron chi connectivity index (χ3n) is 2.89. The molecule has 0 aromatic carbocycles. The largest absolute Gasteiger partial charge is 0.476 e. The fraction of sp³-hybridized carbons (Fsp3) is 0.167. The van der Waals surface area contributed by atoms with E-state index in [9.17, 15) is 9.90 Å². The molecular weight excluding hydrogens is 276 g/mol. The van der Waals surface area contributed by atoms with Gasteiger partial charge in [0.25, 0.3) is 0 Å². The van der Waals surface area contributed by atoms with Crippen molar-refractivity contribution in [2.24, 2.45) is 0 Å². The van der Waals surface area contributed by atoms with E-state index in [1.807, 2.05) is 0 Å². The van der Waals surface area contributed by atoms with Crippen LogP contribution in [0.4, 0.5) is 0 Å². The highest BCUT2D eigenvalue weighted by atomic mass is 16.6. The molecule has 0 spiro atoms. The normalized spacial score (nSPS) is 10.7. The Bertz CT molecular complexity index is 779. The molecule has 3 heterocycles. The molecule has 0 aliphatic carbocycles. The van der Waals surface area contributed by atoms with E-state index in [1.54, 1.807) is 31.3 Å². The van der Waals surface area contributed by atoms with Gasteiger partial charge in [-0.3, -0.25) is 4.98 Å². The van der Waals surface area contributed by atoms with Crippen molar-refractivity contribution in [3.8, 4) is 11.4 Å². The first-order valence-corrected chi connectivity index (χ1v) is 6.03. The second-order valence-corrected chi connectivity index (χ2v) is 4.26. The fourth-order valence-electron chi connectivity index (χ4n) is 1.86. The fourth-order valence-corrected chi connectivity index (χ4v) is 1.86. The molecule has 0 atom stereocenters. The van der Waals surface area contributed by atoms with E-state index in [0.29, 0.717) is 22.8 Å². The predicted octanol–water partition coefficient (Wildman–Crippen LogP) is 0.778. The van der Waals surface area contributed by atoms with Gasteiger partial charge in [-0.25, -0.2) is 14.1 Å². The molecule has 3 aromatic rings. The second-order valence-electron chi connectivity index (χ2n) is 4.26. The van der Waals surface area contributed by atoms with E-state index in [0.717, 1.165) is 0 Å². The number of pyridine rings is 1. The summed E-state index contributed by atoms with van der Waals surface area (Å²) in [7, 11) is 0. The SMILES string of the molecule is Cc1nonc1Cn1nnc(C(=O)O)c1-c1ccccn1. The summed E-state index contributed by atoms with van der Waals surface area (Å²) in [6.45, 7) is 1.93. The van der Waals surface area contributed by atoms with E-state index >= 15 is 0 Å². The van der Waals surface area contributed by atoms with Gasteiger partial charge in [0.15, 0.2) is 5.69 Å². The molecule has 3 aromatic heterocycles. The number of aromatic nitrogens is 6. The van der Waals surface area contributed by atoms with Crippen LogP contribution in [0, 0.1) is 6.92 Å². The Labute approximate surface area is 118 Å². The molecule has 0 aliphatic rings. The van der Waals surface area contributed by atoms with Crippen LogP contribution in [0.25, 0.3) is 11.4 Å². The first kappa shape index (κ1) is 12.9. The number of aromatic carboxylic acids is 1. The van der Waals surface area contributed by atoms with Crippen molar-refractivity contribution in [1.29, 1.82) is 0 Å². The first-order valence-electron chi connectivity index (χ1n) is 6.03. The summed E-state index contributed by atoms with van der Waals surface area (Å²) in [4.78, 5) is 15.4. The molecule has 9 heteroatoms. The molecule has 106 valence electrons. The molecule has 21 heavy (non-hydrogen) atoms. The van der Waals surface area contributed by atoms with Crippen molar-refractivity contribution in [2.45, 2.75) is 13.5 Å². The summed E-state index contributed by atoms with van der Waals surface area (Å²) in [5.41, 5.74) is 1.77. The highest BCUT2D eigenvalue weighted by Gasteiger charge is 2.22. The lowest BCUT2D eigenvalue weighted by atomic mass is 10.2. The van der Waals surface area contributed by atoms with Gasteiger partial charge in [0, 0.05) is 6.20 Å². The number of hydrogen-bond acceptors (Lipinski definition) is 7. The summed E-state index contributed by atoms with van der Waals surface area (Å²) in [6, 6.07) is 5.19. The summed E-state index contributed by atoms with van der Waals surface area (Å²) in [5.74, 6) is -1.17. The molecule has 0 fully saturated rings. The molecule has 1 N–H and O–H groups in total. The number of hydrogen-bond donors (Lipinski definition) is 1. The lowest BCUT2D eigenvalue weighted by Gasteiger charge is -2.04. The zero-order valence-electron chi connectivity index (χ0n) is 11.0. The van der Waals surface area contributed by atoms with Gasteiger partial charge in [0.2, 0.25) is 0 Å². The third-order valence-corrected chi connectivity index (χ3v) is 2.89. The molecule has 9 nitrogen and oxygen atoms in total. The van der Waals surface area contributed by atoms with Crippen molar-refractivity contribution in [3.63, 3.8) is 0 Å². The topological polar surface area (TPSA) is 120 Å². The summed E-state index contributed by atoms with van der Waals surface area (Å²) >= 11 is 0. The van der Waals surface area contributed by atoms with E-state index in [-0.39, 0.29) is 12.2 Å². The molecule has 3 rings (SSSR count). The molecule has 0 unspecified atom stereocenters. The maximum Gasteiger partial charge on any atom is 0.358 e. The quantitative estimate of drug-likeness (QED) is 0.747. The summed E-state index contributed by atoms with van der Waals surface area (Å²) in [5, 5.41) is 24.2. The highest BCUT2D eigenvalue weighted by molar-refractivity contribution is 5.92. The van der Waals surface area contributed by atoms with Gasteiger partial charge >= 0.3 is 5.97 Å². The van der Waals surface area contributed by atoms with E-state index in [1.165, 1.54) is 4.68 Å². The van der Waals surface area contributed by atoms with Crippen molar-refractivity contribution >= 4 is 5.97 Å². The van der Waals surface area contributed by atoms with Gasteiger partial charge in [-0.15, -0.1) is 5.10 Å². The number of rotatable bonds is 4. The van der Waals surface area contributed by atoms with Gasteiger partial charge in [-0.2, -0.15) is 0 Å². The molecule has 0 saturated carbocycles. The Kier molecular flexibility index (Phi) is 3.14. The van der Waals surface area contributed by atoms with Gasteiger partial charge in [-0.1, -0.05) is 21.6 Å². The Morgan fingerprint density at radius 3 is 2.86 bits per heavy atom. The maximum absolute atomic E-state index is 11.3. The minimum absolute atomic E-state index is 0.164. The van der Waals surface area contributed by atoms with Gasteiger partial charge in [0.1, 0.15) is 17.1 Å². The van der Waals surface area contributed by atoms with Crippen molar-refractivity contribution in [3.05, 3.63) is 41.5 Å². The number of carbonyl (C=O) groups is 1. The van der Waals surface area contributed by atoms with E-state index < -0.39 is 5.97 Å². The monoisotopic (exact) mass is 286 g/mol. The lowest BCUT2D eigenvalue weighted by molar-refractivity contribution is 0.0691. The lowest BCUT2D eigenvalue weighted by Crippen LogP contribution is -2.08. The number of nitrogens with zero attached hydrogens (tertiary/aromatic N) is 6. The number of carboxylic acid groups (broad SMARTS) is 1. The smallest absolute Gasteiger partial charge is 0.358 e. The minimum Gasteiger partial charge on any atom is -0.476 e. The second kappa shape index (κ2) is 5.12. The van der Waals surface area contributed by atoms with Crippen LogP contribution in [0.2, 0.25) is 0 Å². The summed E-state index contributed by atoms with van der Waals surface area (Å²) < 4.78 is 6.04. The van der Waals surface area contributed by atoms with Crippen LogP contribution in [0.5, 0.6) is 0 Å². The Morgan fingerprint density at radius 2 is 2.24 bits per heavy atom. The number of aryl methyl sites for hydroxylation is 1. The van der Waals surface area contributed by atoms with E-state index in [4.69, 9.17) is 0 Å². The Hall–Kier alpha value is -3.10. The maximum atomic E-state index is 11.3. The average Bonchev–Trinajstić information content (AvgIpc) is 3.07. The van der Waals surface area contributed by atoms with Crippen LogP contribution in [0.1, 0.15) is 21.9 Å². The van der Waals surface area contributed by atoms with Crippen LogP contribution in [-0.4, -0.2) is 41.4 Å². The van der Waals surface area contributed by atoms with Crippen LogP contribution in [0.3, 0.4) is 0 Å². The van der Waals surface area contributed by atoms with E-state index in [2.05, 4.69) is 30.2 Å². The molecule has 0 radical (unpaired) electrons. The Balaban J connectivity index is 2.09. The Morgan fingerprint density at radius 1 is 1.38 bits per heavy atom. The number of carboxylic acids is 1. The predicted molar refractivity (Wildman–Crippen MR) is 68.3 cm³/mol. The molecule has 0 aliphatic heterocycles. The average molecular weight is 286 g/mol. The van der Waals surface area contributed by atoms with Crippen LogP contribution in [0.15, 0.2) is 29.0 Å².